The summed E-state index contributed by atoms with van der Waals surface area (Å²) < 4.78 is 51.0. The fourth-order valence-corrected chi connectivity index (χ4v) is 5.58. The molecule has 0 aliphatic carbocycles. The van der Waals surface area contributed by atoms with Crippen molar-refractivity contribution in [3.8, 4) is 11.8 Å². The molecule has 0 aromatic carbocycles. The third-order valence-corrected chi connectivity index (χ3v) is 8.20. The molecule has 40 heavy (non-hydrogen) atoms. The van der Waals surface area contributed by atoms with Crippen LogP contribution in [0, 0.1) is 11.8 Å². The van der Waals surface area contributed by atoms with Crippen LogP contribution >= 0.6 is 21.6 Å². The molecule has 16 heteroatoms. The van der Waals surface area contributed by atoms with Crippen LogP contribution in [0.5, 0.6) is 0 Å². The molecule has 11 nitrogen and oxygen atoms in total. The number of amides is 1. The van der Waals surface area contributed by atoms with Crippen LogP contribution in [0.4, 0.5) is 19.1 Å². The van der Waals surface area contributed by atoms with Crippen molar-refractivity contribution in [2.24, 2.45) is 4.99 Å². The Morgan fingerprint density at radius 2 is 2.15 bits per heavy atom. The van der Waals surface area contributed by atoms with Gasteiger partial charge in [0.25, 0.3) is 5.56 Å². The number of hydrogen-bond donors (Lipinski definition) is 3. The summed E-state index contributed by atoms with van der Waals surface area (Å²) in [6, 6.07) is 0. The van der Waals surface area contributed by atoms with Gasteiger partial charge in [-0.1, -0.05) is 54.2 Å². The molecule has 1 fully saturated rings. The van der Waals surface area contributed by atoms with Crippen molar-refractivity contribution in [2.45, 2.75) is 56.6 Å². The highest BCUT2D eigenvalue weighted by atomic mass is 33.1. The first-order chi connectivity index (χ1) is 18.7. The van der Waals surface area contributed by atoms with E-state index in [1.165, 1.54) is 12.5 Å². The predicted octanol–water partition coefficient (Wildman–Crippen LogP) is 2.78. The third kappa shape index (κ3) is 8.64. The number of aliphatic hydroxyl groups excluding tert-OH is 1. The maximum absolute atomic E-state index is 13.0. The molecule has 2 aromatic heterocycles. The number of fused-ring (bicyclic) bond motifs is 1. The van der Waals surface area contributed by atoms with Gasteiger partial charge in [0.15, 0.2) is 5.65 Å². The summed E-state index contributed by atoms with van der Waals surface area (Å²) in [6.45, 7) is 5.37. The summed E-state index contributed by atoms with van der Waals surface area (Å²) in [5.74, 6) is 3.34. The minimum atomic E-state index is -5.03. The quantitative estimate of drug-likeness (QED) is 0.0987. The van der Waals surface area contributed by atoms with Gasteiger partial charge in [0, 0.05) is 31.5 Å². The molecular weight excluding hydrogens is 573 g/mol. The number of nitrogens with one attached hydrogen (secondary N) is 2. The van der Waals surface area contributed by atoms with Crippen LogP contribution < -0.4 is 10.9 Å². The summed E-state index contributed by atoms with van der Waals surface area (Å²) in [5, 5.41) is 11.6. The molecule has 3 rings (SSSR count). The second-order valence-electron chi connectivity index (χ2n) is 9.91. The fraction of sp³-hybridized carbons (Fsp3) is 0.583. The summed E-state index contributed by atoms with van der Waals surface area (Å²) in [7, 11) is 6.70. The highest BCUT2D eigenvalue weighted by Gasteiger charge is 2.39. The lowest BCUT2D eigenvalue weighted by Crippen LogP contribution is -2.36. The summed E-state index contributed by atoms with van der Waals surface area (Å²) in [4.78, 5) is 36.9. The van der Waals surface area contributed by atoms with Gasteiger partial charge in [0.1, 0.15) is 18.3 Å². The van der Waals surface area contributed by atoms with Gasteiger partial charge in [-0.05, 0) is 0 Å². The van der Waals surface area contributed by atoms with E-state index in [9.17, 15) is 27.9 Å². The SMILES string of the molecule is CN(C)/C=N\c1nc2c(c(C#CCNC(=O)C(F)(F)F)cn2[C@H]2CC(OCSSC(C)(C)C)[C@@H](CO)O2)c(=O)[nH]1. The van der Waals surface area contributed by atoms with Crippen LogP contribution in [0.2, 0.25) is 0 Å². The Morgan fingerprint density at radius 3 is 2.77 bits per heavy atom. The normalized spacial score (nSPS) is 19.7. The molecule has 1 amide bonds. The molecule has 3 heterocycles. The van der Waals surface area contributed by atoms with Gasteiger partial charge in [-0.2, -0.15) is 18.2 Å². The zero-order chi connectivity index (χ0) is 29.7. The van der Waals surface area contributed by atoms with Crippen molar-refractivity contribution in [2.75, 3.05) is 33.2 Å². The van der Waals surface area contributed by atoms with Gasteiger partial charge in [0.05, 0.1) is 36.5 Å². The first-order valence-electron chi connectivity index (χ1n) is 12.1. The molecule has 1 unspecified atom stereocenters. The van der Waals surface area contributed by atoms with Gasteiger partial charge in [-0.3, -0.25) is 14.6 Å². The van der Waals surface area contributed by atoms with Crippen molar-refractivity contribution >= 4 is 50.8 Å². The van der Waals surface area contributed by atoms with E-state index in [-0.39, 0.29) is 33.9 Å². The van der Waals surface area contributed by atoms with Crippen LogP contribution in [0.25, 0.3) is 11.0 Å². The van der Waals surface area contributed by atoms with Crippen LogP contribution in [0.15, 0.2) is 16.0 Å². The number of nitrogens with zero attached hydrogens (tertiary/aromatic N) is 4. The number of aromatic nitrogens is 3. The lowest BCUT2D eigenvalue weighted by Gasteiger charge is -2.19. The lowest BCUT2D eigenvalue weighted by atomic mass is 10.2. The molecular formula is C24H31F3N6O5S2. The third-order valence-electron chi connectivity index (χ3n) is 5.21. The monoisotopic (exact) mass is 604 g/mol. The fourth-order valence-electron chi connectivity index (χ4n) is 3.58. The molecule has 220 valence electrons. The summed E-state index contributed by atoms with van der Waals surface area (Å²) in [5.41, 5.74) is -0.226. The molecule has 0 saturated carbocycles. The van der Waals surface area contributed by atoms with E-state index in [4.69, 9.17) is 9.47 Å². The average Bonchev–Trinajstić information content (AvgIpc) is 3.43. The van der Waals surface area contributed by atoms with Crippen molar-refractivity contribution in [3.05, 3.63) is 22.1 Å². The van der Waals surface area contributed by atoms with Gasteiger partial charge in [0.2, 0.25) is 5.95 Å². The number of aromatic amines is 1. The molecule has 1 aliphatic rings. The number of aliphatic hydroxyl groups is 1. The predicted molar refractivity (Wildman–Crippen MR) is 148 cm³/mol. The number of aliphatic imine (C=N–C) groups is 1. The second-order valence-corrected chi connectivity index (χ2v) is 13.0. The Bertz CT molecular complexity index is 1340. The molecule has 1 saturated heterocycles. The minimum absolute atomic E-state index is 0.0163. The average molecular weight is 605 g/mol. The maximum atomic E-state index is 13.0. The molecule has 0 radical (unpaired) electrons. The smallest absolute Gasteiger partial charge is 0.394 e. The van der Waals surface area contributed by atoms with Gasteiger partial charge in [-0.25, -0.2) is 4.99 Å². The molecule has 2 aromatic rings. The van der Waals surface area contributed by atoms with E-state index >= 15 is 0 Å². The van der Waals surface area contributed by atoms with Crippen LogP contribution in [-0.4, -0.2) is 93.1 Å². The Kier molecular flexibility index (Phi) is 10.6. The molecule has 1 aliphatic heterocycles. The topological polar surface area (TPSA) is 134 Å². The first kappa shape index (κ1) is 31.8. The Labute approximate surface area is 236 Å². The van der Waals surface area contributed by atoms with E-state index in [0.29, 0.717) is 12.4 Å². The van der Waals surface area contributed by atoms with Crippen molar-refractivity contribution in [1.82, 2.24) is 24.8 Å². The van der Waals surface area contributed by atoms with E-state index in [1.807, 2.05) is 0 Å². The Hall–Kier alpha value is -2.71. The number of rotatable bonds is 9. The maximum Gasteiger partial charge on any atom is 0.471 e. The Morgan fingerprint density at radius 1 is 1.43 bits per heavy atom. The Balaban J connectivity index is 1.92. The molecule has 0 bridgehead atoms. The van der Waals surface area contributed by atoms with Crippen molar-refractivity contribution in [1.29, 1.82) is 0 Å². The van der Waals surface area contributed by atoms with E-state index in [0.717, 1.165) is 0 Å². The lowest BCUT2D eigenvalue weighted by molar-refractivity contribution is -0.173. The van der Waals surface area contributed by atoms with E-state index in [1.54, 1.807) is 50.5 Å². The van der Waals surface area contributed by atoms with Gasteiger partial charge >= 0.3 is 12.1 Å². The van der Waals surface area contributed by atoms with E-state index < -0.39 is 42.6 Å². The number of ether oxygens (including phenoxy) is 2. The second kappa shape index (κ2) is 13.3. The number of hydrogen-bond acceptors (Lipinski definition) is 9. The number of H-pyrrole nitrogens is 1. The summed E-state index contributed by atoms with van der Waals surface area (Å²) in [6.07, 6.45) is -3.53. The zero-order valence-corrected chi connectivity index (χ0v) is 24.2. The number of carbonyl (C=O) groups is 1. The van der Waals surface area contributed by atoms with Crippen molar-refractivity contribution < 1.29 is 32.5 Å². The van der Waals surface area contributed by atoms with E-state index in [2.05, 4.69) is 47.6 Å². The largest absolute Gasteiger partial charge is 0.471 e. The standard InChI is InChI=1S/C24H31F3N6O5S2/c1-23(2,3)40-39-13-37-15-9-17(38-16(15)11-34)33-10-14(7-6-8-28-21(36)24(25,26)27)18-19(33)30-22(31-20(18)35)29-12-32(4)5/h10,12,15-17,34H,8-9,11,13H2,1-5H3,(H,28,36)(H,30,31,35)/b29-12-/t15?,16-,17-/m1/s1. The zero-order valence-electron chi connectivity index (χ0n) is 22.5. The van der Waals surface area contributed by atoms with Crippen LogP contribution in [-0.2, 0) is 14.3 Å². The van der Waals surface area contributed by atoms with Crippen LogP contribution in [0.1, 0.15) is 39.0 Å². The number of halogens is 3. The van der Waals surface area contributed by atoms with Crippen LogP contribution in [0.3, 0.4) is 0 Å². The molecule has 0 spiro atoms. The molecule has 3 atom stereocenters. The van der Waals surface area contributed by atoms with Gasteiger partial charge < -0.3 is 29.4 Å². The van der Waals surface area contributed by atoms with Gasteiger partial charge in [-0.15, -0.1) is 0 Å². The first-order valence-corrected chi connectivity index (χ1v) is 14.4. The highest BCUT2D eigenvalue weighted by Crippen LogP contribution is 2.38. The minimum Gasteiger partial charge on any atom is -0.394 e. The number of carbonyl (C=O) groups excluding carboxylic acids is 1. The van der Waals surface area contributed by atoms with Crippen molar-refractivity contribution in [3.63, 3.8) is 0 Å². The number of alkyl halides is 3. The highest BCUT2D eigenvalue weighted by molar-refractivity contribution is 8.77. The molecule has 3 N–H and O–H groups in total. The summed E-state index contributed by atoms with van der Waals surface area (Å²) >= 11 is 0.